The van der Waals surface area contributed by atoms with Gasteiger partial charge in [-0.05, 0) is 51.2 Å². The Hall–Kier alpha value is -0.0400. The van der Waals surface area contributed by atoms with Gasteiger partial charge in [0.2, 0.25) is 0 Å². The van der Waals surface area contributed by atoms with Gasteiger partial charge >= 0.3 is 0 Å². The van der Waals surface area contributed by atoms with E-state index in [-0.39, 0.29) is 0 Å². The first-order valence-electron chi connectivity index (χ1n) is 6.99. The van der Waals surface area contributed by atoms with Gasteiger partial charge in [0, 0.05) is 0 Å². The zero-order valence-corrected chi connectivity index (χ0v) is 11.6. The molecule has 0 atom stereocenters. The average Bonchev–Trinajstić information content (AvgIpc) is 2.77. The molecule has 1 heteroatoms. The van der Waals surface area contributed by atoms with Crippen LogP contribution in [0.3, 0.4) is 0 Å². The minimum atomic E-state index is 0.812. The minimum absolute atomic E-state index is 0.812. The molecule has 0 N–H and O–H groups in total. The maximum Gasteiger partial charge on any atom is -0.00165 e. The van der Waals surface area contributed by atoms with Gasteiger partial charge in [-0.15, -0.1) is 0 Å². The van der Waals surface area contributed by atoms with Crippen molar-refractivity contribution in [2.75, 3.05) is 20.1 Å². The second-order valence-electron chi connectivity index (χ2n) is 4.51. The van der Waals surface area contributed by atoms with Crippen LogP contribution in [0.1, 0.15) is 66.2 Å². The predicted molar refractivity (Wildman–Crippen MR) is 70.3 cm³/mol. The van der Waals surface area contributed by atoms with Crippen LogP contribution in [0.15, 0.2) is 0 Å². The third-order valence-electron chi connectivity index (χ3n) is 3.71. The summed E-state index contributed by atoms with van der Waals surface area (Å²) in [6.45, 7) is 10.7. The molecule has 92 valence electrons. The largest absolute Gasteiger partial charge is 0.306 e. The van der Waals surface area contributed by atoms with Gasteiger partial charge in [0.05, 0.1) is 0 Å². The second kappa shape index (κ2) is 8.15. The van der Waals surface area contributed by atoms with E-state index in [2.05, 4.69) is 11.9 Å². The Balaban J connectivity index is 0.000000442. The minimum Gasteiger partial charge on any atom is -0.306 e. The topological polar surface area (TPSA) is 3.24 Å². The lowest BCUT2D eigenvalue weighted by Gasteiger charge is -2.37. The zero-order chi connectivity index (χ0) is 11.7. The fourth-order valence-electron chi connectivity index (χ4n) is 2.72. The maximum atomic E-state index is 2.48. The van der Waals surface area contributed by atoms with E-state index in [0.717, 1.165) is 5.41 Å². The Morgan fingerprint density at radius 1 is 0.733 bits per heavy atom. The number of piperidine rings is 1. The molecule has 0 amide bonds. The van der Waals surface area contributed by atoms with Crippen molar-refractivity contribution in [3.8, 4) is 0 Å². The van der Waals surface area contributed by atoms with Crippen LogP contribution in [0.5, 0.6) is 0 Å². The third kappa shape index (κ3) is 4.55. The molecule has 0 aromatic rings. The number of likely N-dealkylation sites (tertiary alicyclic amines) is 1. The summed E-state index contributed by atoms with van der Waals surface area (Å²) in [4.78, 5) is 2.48. The molecule has 0 bridgehead atoms. The van der Waals surface area contributed by atoms with Gasteiger partial charge in [0.1, 0.15) is 0 Å². The molecule has 0 unspecified atom stereocenters. The lowest BCUT2D eigenvalue weighted by atomic mass is 9.77. The molecular formula is C14H31N. The van der Waals surface area contributed by atoms with Crippen molar-refractivity contribution in [1.82, 2.24) is 4.90 Å². The zero-order valence-electron chi connectivity index (χ0n) is 11.6. The summed E-state index contributed by atoms with van der Waals surface area (Å²) in [5.74, 6) is 0. The molecule has 15 heavy (non-hydrogen) atoms. The summed E-state index contributed by atoms with van der Waals surface area (Å²) in [6.07, 6.45) is 9.02. The molecule has 1 heterocycles. The van der Waals surface area contributed by atoms with E-state index in [1.165, 1.54) is 51.6 Å². The Labute approximate surface area is 97.2 Å². The molecule has 0 aromatic carbocycles. The Morgan fingerprint density at radius 2 is 1.13 bits per heavy atom. The van der Waals surface area contributed by atoms with E-state index in [0.29, 0.717) is 0 Å². The monoisotopic (exact) mass is 213 g/mol. The molecule has 1 saturated carbocycles. The van der Waals surface area contributed by atoms with Crippen LogP contribution in [-0.4, -0.2) is 25.0 Å². The van der Waals surface area contributed by atoms with Crippen molar-refractivity contribution in [2.45, 2.75) is 66.2 Å². The quantitative estimate of drug-likeness (QED) is 0.579. The first kappa shape index (κ1) is 15.0. The van der Waals surface area contributed by atoms with Gasteiger partial charge in [0.25, 0.3) is 0 Å². The van der Waals surface area contributed by atoms with E-state index in [1.54, 1.807) is 0 Å². The summed E-state index contributed by atoms with van der Waals surface area (Å²) in [5, 5.41) is 0. The average molecular weight is 213 g/mol. The van der Waals surface area contributed by atoms with Crippen molar-refractivity contribution in [2.24, 2.45) is 5.41 Å². The maximum absolute atomic E-state index is 2.48. The number of hydrogen-bond donors (Lipinski definition) is 0. The Morgan fingerprint density at radius 3 is 1.53 bits per heavy atom. The smallest absolute Gasteiger partial charge is 0.00165 e. The first-order chi connectivity index (χ1) is 7.31. The molecule has 1 nitrogen and oxygen atoms in total. The normalized spacial score (nSPS) is 23.8. The third-order valence-corrected chi connectivity index (χ3v) is 3.71. The van der Waals surface area contributed by atoms with Crippen molar-refractivity contribution in [3.05, 3.63) is 0 Å². The fraction of sp³-hybridized carbons (Fsp3) is 1.00. The number of hydrogen-bond acceptors (Lipinski definition) is 1. The van der Waals surface area contributed by atoms with Gasteiger partial charge < -0.3 is 4.90 Å². The molecule has 1 saturated heterocycles. The first-order valence-corrected chi connectivity index (χ1v) is 6.99. The lowest BCUT2D eigenvalue weighted by Crippen LogP contribution is -2.36. The molecule has 1 aliphatic heterocycles. The van der Waals surface area contributed by atoms with Crippen molar-refractivity contribution in [3.63, 3.8) is 0 Å². The summed E-state index contributed by atoms with van der Waals surface area (Å²) < 4.78 is 0. The molecule has 2 rings (SSSR count). The standard InChI is InChI=1S/C10H19N.2C2H6/c1-11-8-6-10(7-9-11)4-2-3-5-10;2*1-2/h2-9H2,1H3;2*1-2H3. The highest BCUT2D eigenvalue weighted by Crippen LogP contribution is 2.45. The van der Waals surface area contributed by atoms with E-state index in [4.69, 9.17) is 0 Å². The Kier molecular flexibility index (Phi) is 8.13. The van der Waals surface area contributed by atoms with Crippen molar-refractivity contribution in [1.29, 1.82) is 0 Å². The molecular weight excluding hydrogens is 182 g/mol. The highest BCUT2D eigenvalue weighted by molar-refractivity contribution is 4.88. The summed E-state index contributed by atoms with van der Waals surface area (Å²) >= 11 is 0. The lowest BCUT2D eigenvalue weighted by molar-refractivity contribution is 0.128. The molecule has 1 spiro atoms. The summed E-state index contributed by atoms with van der Waals surface area (Å²) in [6, 6.07) is 0. The van der Waals surface area contributed by atoms with Gasteiger partial charge in [-0.25, -0.2) is 0 Å². The Bertz CT molecular complexity index is 126. The van der Waals surface area contributed by atoms with Crippen LogP contribution in [0.25, 0.3) is 0 Å². The molecule has 0 radical (unpaired) electrons. The second-order valence-corrected chi connectivity index (χ2v) is 4.51. The molecule has 2 fully saturated rings. The van der Waals surface area contributed by atoms with E-state index in [1.807, 2.05) is 27.7 Å². The SMILES string of the molecule is CC.CC.CN1CCC2(CCCC2)CC1. The summed E-state index contributed by atoms with van der Waals surface area (Å²) in [5.41, 5.74) is 0.812. The fourth-order valence-corrected chi connectivity index (χ4v) is 2.72. The van der Waals surface area contributed by atoms with E-state index in [9.17, 15) is 0 Å². The van der Waals surface area contributed by atoms with Gasteiger partial charge in [0.15, 0.2) is 0 Å². The molecule has 0 aromatic heterocycles. The van der Waals surface area contributed by atoms with Crippen molar-refractivity contribution < 1.29 is 0 Å². The van der Waals surface area contributed by atoms with Crippen LogP contribution < -0.4 is 0 Å². The predicted octanol–water partition coefficient (Wildman–Crippen LogP) is 4.32. The number of nitrogens with zero attached hydrogens (tertiary/aromatic N) is 1. The highest BCUT2D eigenvalue weighted by Gasteiger charge is 2.35. The van der Waals surface area contributed by atoms with Gasteiger partial charge in [-0.1, -0.05) is 40.5 Å². The van der Waals surface area contributed by atoms with E-state index >= 15 is 0 Å². The van der Waals surface area contributed by atoms with Crippen molar-refractivity contribution >= 4 is 0 Å². The van der Waals surface area contributed by atoms with E-state index < -0.39 is 0 Å². The highest BCUT2D eigenvalue weighted by atomic mass is 15.1. The number of rotatable bonds is 0. The van der Waals surface area contributed by atoms with Gasteiger partial charge in [-0.3, -0.25) is 0 Å². The molecule has 1 aliphatic carbocycles. The van der Waals surface area contributed by atoms with Crippen LogP contribution in [0, 0.1) is 5.41 Å². The van der Waals surface area contributed by atoms with Crippen LogP contribution in [0.2, 0.25) is 0 Å². The van der Waals surface area contributed by atoms with Crippen LogP contribution >= 0.6 is 0 Å². The molecule has 2 aliphatic rings. The van der Waals surface area contributed by atoms with Crippen LogP contribution in [-0.2, 0) is 0 Å². The van der Waals surface area contributed by atoms with Crippen LogP contribution in [0.4, 0.5) is 0 Å². The summed E-state index contributed by atoms with van der Waals surface area (Å²) in [7, 11) is 2.25. The van der Waals surface area contributed by atoms with Gasteiger partial charge in [-0.2, -0.15) is 0 Å².